The topological polar surface area (TPSA) is 64.0 Å². The van der Waals surface area contributed by atoms with Crippen LogP contribution in [0.5, 0.6) is 0 Å². The summed E-state index contributed by atoms with van der Waals surface area (Å²) in [4.78, 5) is 25.6. The highest BCUT2D eigenvalue weighted by molar-refractivity contribution is 6.31. The third-order valence-electron chi connectivity index (χ3n) is 4.48. The Labute approximate surface area is 167 Å². The van der Waals surface area contributed by atoms with Crippen LogP contribution >= 0.6 is 11.6 Å². The Balaban J connectivity index is 1.96. The van der Waals surface area contributed by atoms with E-state index in [9.17, 15) is 14.0 Å². The van der Waals surface area contributed by atoms with Gasteiger partial charge in [0.1, 0.15) is 5.82 Å². The minimum atomic E-state index is -0.566. The van der Waals surface area contributed by atoms with Crippen LogP contribution in [0.2, 0.25) is 5.02 Å². The highest BCUT2D eigenvalue weighted by atomic mass is 35.5. The number of rotatable bonds is 7. The number of nitrogens with zero attached hydrogens (tertiary/aromatic N) is 2. The van der Waals surface area contributed by atoms with Crippen LogP contribution in [-0.4, -0.2) is 15.7 Å². The van der Waals surface area contributed by atoms with E-state index >= 15 is 0 Å². The summed E-state index contributed by atoms with van der Waals surface area (Å²) >= 11 is 5.78. The van der Waals surface area contributed by atoms with Crippen molar-refractivity contribution in [2.24, 2.45) is 0 Å². The standard InChI is InChI=1S/C21H21ClFN3O2/c1-2-3-4-7-12-26-21(28)16-9-6-5-8-15(16)19(25-26)20(27)24-14-10-11-18(23)17(22)13-14/h5-6,8-11,13H,2-4,7,12H2,1H3,(H,24,27). The molecular formula is C21H21ClFN3O2. The smallest absolute Gasteiger partial charge is 0.276 e. The van der Waals surface area contributed by atoms with Crippen LogP contribution < -0.4 is 10.9 Å². The predicted octanol–water partition coefficient (Wildman–Crippen LogP) is 5.02. The lowest BCUT2D eigenvalue weighted by atomic mass is 10.1. The SMILES string of the molecule is CCCCCCn1nc(C(=O)Nc2ccc(F)c(Cl)c2)c2ccccc2c1=O. The first kappa shape index (κ1) is 20.0. The van der Waals surface area contributed by atoms with Crippen LogP contribution in [0.25, 0.3) is 10.8 Å². The van der Waals surface area contributed by atoms with E-state index in [1.165, 1.54) is 22.9 Å². The molecule has 2 aromatic carbocycles. The second-order valence-corrected chi connectivity index (χ2v) is 6.97. The molecule has 1 amide bonds. The average molecular weight is 402 g/mol. The molecule has 0 saturated carbocycles. The zero-order valence-corrected chi connectivity index (χ0v) is 16.3. The Hall–Kier alpha value is -2.73. The summed E-state index contributed by atoms with van der Waals surface area (Å²) in [5, 5.41) is 7.82. The molecular weight excluding hydrogens is 381 g/mol. The second-order valence-electron chi connectivity index (χ2n) is 6.57. The first-order chi connectivity index (χ1) is 13.5. The number of benzene rings is 2. The van der Waals surface area contributed by atoms with Gasteiger partial charge in [-0.15, -0.1) is 0 Å². The molecule has 0 aliphatic heterocycles. The van der Waals surface area contributed by atoms with Gasteiger partial charge in [-0.1, -0.05) is 56.0 Å². The van der Waals surface area contributed by atoms with Gasteiger partial charge in [-0.25, -0.2) is 9.07 Å². The van der Waals surface area contributed by atoms with Crippen molar-refractivity contribution < 1.29 is 9.18 Å². The molecule has 7 heteroatoms. The van der Waals surface area contributed by atoms with Crippen molar-refractivity contribution in [2.75, 3.05) is 5.32 Å². The van der Waals surface area contributed by atoms with Crippen LogP contribution in [-0.2, 0) is 6.54 Å². The molecule has 0 radical (unpaired) electrons. The van der Waals surface area contributed by atoms with Gasteiger partial charge in [0.05, 0.1) is 10.4 Å². The minimum absolute atomic E-state index is 0.0866. The molecule has 0 aliphatic carbocycles. The molecule has 0 atom stereocenters. The average Bonchev–Trinajstić information content (AvgIpc) is 2.69. The lowest BCUT2D eigenvalue weighted by Crippen LogP contribution is -2.27. The maximum absolute atomic E-state index is 13.3. The van der Waals surface area contributed by atoms with E-state index in [2.05, 4.69) is 17.3 Å². The number of fused-ring (bicyclic) bond motifs is 1. The Bertz CT molecular complexity index is 1070. The van der Waals surface area contributed by atoms with E-state index in [0.29, 0.717) is 23.0 Å². The molecule has 1 heterocycles. The third-order valence-corrected chi connectivity index (χ3v) is 4.77. The van der Waals surface area contributed by atoms with Crippen LogP contribution in [0.4, 0.5) is 10.1 Å². The first-order valence-electron chi connectivity index (χ1n) is 9.27. The number of hydrogen-bond acceptors (Lipinski definition) is 3. The largest absolute Gasteiger partial charge is 0.321 e. The van der Waals surface area contributed by atoms with E-state index in [4.69, 9.17) is 11.6 Å². The van der Waals surface area contributed by atoms with Gasteiger partial charge < -0.3 is 5.32 Å². The number of aromatic nitrogens is 2. The van der Waals surface area contributed by atoms with Crippen molar-refractivity contribution in [3.8, 4) is 0 Å². The summed E-state index contributed by atoms with van der Waals surface area (Å²) in [6, 6.07) is 10.8. The Kier molecular flexibility index (Phi) is 6.41. The van der Waals surface area contributed by atoms with Crippen LogP contribution in [0.1, 0.15) is 43.1 Å². The van der Waals surface area contributed by atoms with E-state index in [0.717, 1.165) is 25.7 Å². The number of nitrogens with one attached hydrogen (secondary N) is 1. The number of carbonyl (C=O) groups excluding carboxylic acids is 1. The molecule has 1 aromatic heterocycles. The number of halogens is 2. The Morgan fingerprint density at radius 3 is 2.61 bits per heavy atom. The van der Waals surface area contributed by atoms with Crippen molar-refractivity contribution in [1.29, 1.82) is 0 Å². The second kappa shape index (κ2) is 8.97. The van der Waals surface area contributed by atoms with Gasteiger partial charge in [0, 0.05) is 17.6 Å². The highest BCUT2D eigenvalue weighted by Crippen LogP contribution is 2.21. The van der Waals surface area contributed by atoms with Crippen molar-refractivity contribution in [3.05, 3.63) is 69.4 Å². The molecule has 0 unspecified atom stereocenters. The fourth-order valence-electron chi connectivity index (χ4n) is 3.01. The lowest BCUT2D eigenvalue weighted by molar-refractivity contribution is 0.102. The van der Waals surface area contributed by atoms with E-state index < -0.39 is 11.7 Å². The number of anilines is 1. The molecule has 3 rings (SSSR count). The summed E-state index contributed by atoms with van der Waals surface area (Å²) in [5.41, 5.74) is 0.280. The van der Waals surface area contributed by atoms with Gasteiger partial charge in [0.25, 0.3) is 11.5 Å². The van der Waals surface area contributed by atoms with Crippen LogP contribution in [0, 0.1) is 5.82 Å². The molecule has 0 bridgehead atoms. The molecule has 5 nitrogen and oxygen atoms in total. The van der Waals surface area contributed by atoms with Crippen molar-refractivity contribution in [2.45, 2.75) is 39.2 Å². The quantitative estimate of drug-likeness (QED) is 0.565. The normalized spacial score (nSPS) is 11.0. The highest BCUT2D eigenvalue weighted by Gasteiger charge is 2.17. The van der Waals surface area contributed by atoms with Crippen molar-refractivity contribution >= 4 is 34.0 Å². The first-order valence-corrected chi connectivity index (χ1v) is 9.65. The fraction of sp³-hybridized carbons (Fsp3) is 0.286. The van der Waals surface area contributed by atoms with Gasteiger partial charge in [-0.3, -0.25) is 9.59 Å². The lowest BCUT2D eigenvalue weighted by Gasteiger charge is -2.11. The summed E-state index contributed by atoms with van der Waals surface area (Å²) in [6.45, 7) is 2.57. The molecule has 146 valence electrons. The van der Waals surface area contributed by atoms with Crippen molar-refractivity contribution in [3.63, 3.8) is 0 Å². The predicted molar refractivity (Wildman–Crippen MR) is 110 cm³/mol. The molecule has 1 N–H and O–H groups in total. The summed E-state index contributed by atoms with van der Waals surface area (Å²) in [6.07, 6.45) is 3.98. The number of aryl methyl sites for hydroxylation is 1. The van der Waals surface area contributed by atoms with E-state index in [-0.39, 0.29) is 16.3 Å². The van der Waals surface area contributed by atoms with E-state index in [1.54, 1.807) is 24.3 Å². The number of carbonyl (C=O) groups is 1. The molecule has 0 aliphatic rings. The van der Waals surface area contributed by atoms with Gasteiger partial charge in [0.2, 0.25) is 0 Å². The van der Waals surface area contributed by atoms with Gasteiger partial charge in [-0.2, -0.15) is 5.10 Å². The number of amides is 1. The molecule has 0 saturated heterocycles. The van der Waals surface area contributed by atoms with Crippen LogP contribution in [0.15, 0.2) is 47.3 Å². The van der Waals surface area contributed by atoms with Gasteiger partial charge in [0.15, 0.2) is 5.69 Å². The van der Waals surface area contributed by atoms with Crippen molar-refractivity contribution in [1.82, 2.24) is 9.78 Å². The minimum Gasteiger partial charge on any atom is -0.321 e. The molecule has 0 fully saturated rings. The Morgan fingerprint density at radius 1 is 1.14 bits per heavy atom. The zero-order chi connectivity index (χ0) is 20.1. The van der Waals surface area contributed by atoms with Gasteiger partial charge in [-0.05, 0) is 30.7 Å². The molecule has 0 spiro atoms. The monoisotopic (exact) mass is 401 g/mol. The maximum Gasteiger partial charge on any atom is 0.276 e. The summed E-state index contributed by atoms with van der Waals surface area (Å²) in [7, 11) is 0. The maximum atomic E-state index is 13.3. The summed E-state index contributed by atoms with van der Waals surface area (Å²) in [5.74, 6) is -1.05. The van der Waals surface area contributed by atoms with Crippen LogP contribution in [0.3, 0.4) is 0 Å². The zero-order valence-electron chi connectivity index (χ0n) is 15.5. The fourth-order valence-corrected chi connectivity index (χ4v) is 3.19. The van der Waals surface area contributed by atoms with E-state index in [1.807, 2.05) is 0 Å². The van der Waals surface area contributed by atoms with Gasteiger partial charge >= 0.3 is 0 Å². The number of hydrogen-bond donors (Lipinski definition) is 1. The third kappa shape index (κ3) is 4.39. The molecule has 3 aromatic rings. The Morgan fingerprint density at radius 2 is 1.89 bits per heavy atom. The summed E-state index contributed by atoms with van der Waals surface area (Å²) < 4.78 is 14.7. The molecule has 28 heavy (non-hydrogen) atoms. The number of unbranched alkanes of at least 4 members (excludes halogenated alkanes) is 3.